The lowest BCUT2D eigenvalue weighted by atomic mass is 10.0. The first kappa shape index (κ1) is 13.2. The van der Waals surface area contributed by atoms with E-state index < -0.39 is 4.92 Å². The molecule has 0 bridgehead atoms. The number of non-ortho nitro benzene ring substituents is 1. The molecule has 0 unspecified atom stereocenters. The van der Waals surface area contributed by atoms with E-state index in [0.29, 0.717) is 10.6 Å². The number of halogens is 1. The van der Waals surface area contributed by atoms with E-state index in [4.69, 9.17) is 11.6 Å². The average Bonchev–Trinajstić information content (AvgIpc) is 2.41. The summed E-state index contributed by atoms with van der Waals surface area (Å²) in [6.07, 6.45) is 0.245. The SMILES string of the molecule is O=C(Cc1ccc(Cl)cc1)c1ccc([N+](=O)[O-])cc1. The number of nitrogens with zero attached hydrogens (tertiary/aromatic N) is 1. The van der Waals surface area contributed by atoms with Crippen LogP contribution < -0.4 is 0 Å². The number of ketones is 1. The van der Waals surface area contributed by atoms with Crippen molar-refractivity contribution in [3.8, 4) is 0 Å². The summed E-state index contributed by atoms with van der Waals surface area (Å²) in [4.78, 5) is 22.0. The standard InChI is InChI=1S/C14H10ClNO3/c15-12-5-1-10(2-6-12)9-14(17)11-3-7-13(8-4-11)16(18)19/h1-8H,9H2. The Morgan fingerprint density at radius 1 is 1.05 bits per heavy atom. The molecule has 19 heavy (non-hydrogen) atoms. The number of hydrogen-bond donors (Lipinski definition) is 0. The Labute approximate surface area is 114 Å². The molecule has 0 aliphatic heterocycles. The normalized spacial score (nSPS) is 10.2. The number of nitro groups is 1. The lowest BCUT2D eigenvalue weighted by Gasteiger charge is -2.01. The van der Waals surface area contributed by atoms with Gasteiger partial charge in [0.15, 0.2) is 5.78 Å². The van der Waals surface area contributed by atoms with E-state index in [2.05, 4.69) is 0 Å². The molecule has 2 aromatic rings. The van der Waals surface area contributed by atoms with Gasteiger partial charge in [0.2, 0.25) is 0 Å². The summed E-state index contributed by atoms with van der Waals surface area (Å²) in [6, 6.07) is 12.6. The summed E-state index contributed by atoms with van der Waals surface area (Å²) in [5.41, 5.74) is 1.29. The van der Waals surface area contributed by atoms with Crippen molar-refractivity contribution in [3.63, 3.8) is 0 Å². The minimum absolute atomic E-state index is 0.0250. The van der Waals surface area contributed by atoms with Crippen LogP contribution in [-0.4, -0.2) is 10.7 Å². The highest BCUT2D eigenvalue weighted by Gasteiger charge is 2.10. The van der Waals surface area contributed by atoms with E-state index in [0.717, 1.165) is 5.56 Å². The van der Waals surface area contributed by atoms with Gasteiger partial charge < -0.3 is 0 Å². The zero-order valence-electron chi connectivity index (χ0n) is 9.88. The van der Waals surface area contributed by atoms with Gasteiger partial charge >= 0.3 is 0 Å². The van der Waals surface area contributed by atoms with Crippen LogP contribution in [-0.2, 0) is 6.42 Å². The Kier molecular flexibility index (Phi) is 3.92. The third-order valence-corrected chi connectivity index (χ3v) is 2.93. The van der Waals surface area contributed by atoms with Crippen molar-refractivity contribution < 1.29 is 9.72 Å². The highest BCUT2D eigenvalue weighted by atomic mass is 35.5. The Morgan fingerprint density at radius 2 is 1.63 bits per heavy atom. The van der Waals surface area contributed by atoms with Gasteiger partial charge in [0.1, 0.15) is 0 Å². The van der Waals surface area contributed by atoms with E-state index in [1.54, 1.807) is 24.3 Å². The zero-order chi connectivity index (χ0) is 13.8. The topological polar surface area (TPSA) is 60.2 Å². The number of Topliss-reactive ketones (excluding diaryl/α,β-unsaturated/α-hetero) is 1. The van der Waals surface area contributed by atoms with E-state index in [1.807, 2.05) is 0 Å². The molecule has 0 fully saturated rings. The fourth-order valence-electron chi connectivity index (χ4n) is 1.66. The molecule has 96 valence electrons. The molecule has 0 spiro atoms. The van der Waals surface area contributed by atoms with Gasteiger partial charge in [-0.05, 0) is 29.8 Å². The van der Waals surface area contributed by atoms with E-state index in [-0.39, 0.29) is 17.9 Å². The molecular weight excluding hydrogens is 266 g/mol. The Morgan fingerprint density at radius 3 is 2.16 bits per heavy atom. The lowest BCUT2D eigenvalue weighted by molar-refractivity contribution is -0.384. The van der Waals surface area contributed by atoms with Crippen LogP contribution in [0.5, 0.6) is 0 Å². The Bertz CT molecular complexity index is 606. The summed E-state index contributed by atoms with van der Waals surface area (Å²) in [7, 11) is 0. The molecule has 2 aromatic carbocycles. The number of hydrogen-bond acceptors (Lipinski definition) is 3. The second kappa shape index (κ2) is 5.63. The molecule has 0 aliphatic rings. The van der Waals surface area contributed by atoms with Crippen molar-refractivity contribution in [1.29, 1.82) is 0 Å². The van der Waals surface area contributed by atoms with Crippen LogP contribution in [0.4, 0.5) is 5.69 Å². The van der Waals surface area contributed by atoms with Crippen molar-refractivity contribution in [2.75, 3.05) is 0 Å². The van der Waals surface area contributed by atoms with Gasteiger partial charge in [0, 0.05) is 29.1 Å². The van der Waals surface area contributed by atoms with Crippen LogP contribution in [0, 0.1) is 10.1 Å². The second-order valence-corrected chi connectivity index (χ2v) is 4.47. The molecule has 0 saturated heterocycles. The highest BCUT2D eigenvalue weighted by molar-refractivity contribution is 6.30. The molecular formula is C14H10ClNO3. The van der Waals surface area contributed by atoms with Gasteiger partial charge in [-0.3, -0.25) is 14.9 Å². The molecule has 5 heteroatoms. The number of carbonyl (C=O) groups excluding carboxylic acids is 1. The van der Waals surface area contributed by atoms with Crippen molar-refractivity contribution in [2.24, 2.45) is 0 Å². The van der Waals surface area contributed by atoms with Crippen LogP contribution >= 0.6 is 11.6 Å². The van der Waals surface area contributed by atoms with Crippen LogP contribution in [0.2, 0.25) is 5.02 Å². The van der Waals surface area contributed by atoms with Gasteiger partial charge in [0.05, 0.1) is 4.92 Å². The maximum atomic E-state index is 12.0. The van der Waals surface area contributed by atoms with Crippen molar-refractivity contribution >= 4 is 23.1 Å². The monoisotopic (exact) mass is 275 g/mol. The lowest BCUT2D eigenvalue weighted by Crippen LogP contribution is -2.03. The maximum Gasteiger partial charge on any atom is 0.269 e. The summed E-state index contributed by atoms with van der Waals surface area (Å²) < 4.78 is 0. The summed E-state index contributed by atoms with van der Waals surface area (Å²) in [5, 5.41) is 11.1. The van der Waals surface area contributed by atoms with E-state index >= 15 is 0 Å². The number of rotatable bonds is 4. The predicted octanol–water partition coefficient (Wildman–Crippen LogP) is 3.67. The van der Waals surface area contributed by atoms with Gasteiger partial charge in [-0.25, -0.2) is 0 Å². The summed E-state index contributed by atoms with van der Waals surface area (Å²) >= 11 is 5.76. The molecule has 0 aromatic heterocycles. The van der Waals surface area contributed by atoms with Crippen LogP contribution in [0.1, 0.15) is 15.9 Å². The van der Waals surface area contributed by atoms with Gasteiger partial charge in [-0.1, -0.05) is 23.7 Å². The van der Waals surface area contributed by atoms with Crippen molar-refractivity contribution in [1.82, 2.24) is 0 Å². The smallest absolute Gasteiger partial charge is 0.269 e. The van der Waals surface area contributed by atoms with Crippen LogP contribution in [0.15, 0.2) is 48.5 Å². The molecule has 4 nitrogen and oxygen atoms in total. The molecule has 0 amide bonds. The van der Waals surface area contributed by atoms with Gasteiger partial charge in [-0.2, -0.15) is 0 Å². The van der Waals surface area contributed by atoms with Crippen LogP contribution in [0.3, 0.4) is 0 Å². The fraction of sp³-hybridized carbons (Fsp3) is 0.0714. The number of nitro benzene ring substituents is 1. The minimum atomic E-state index is -0.493. The molecule has 0 heterocycles. The Hall–Kier alpha value is -2.20. The minimum Gasteiger partial charge on any atom is -0.294 e. The fourth-order valence-corrected chi connectivity index (χ4v) is 1.78. The molecule has 0 atom stereocenters. The first-order valence-corrected chi connectivity index (χ1v) is 5.96. The quantitative estimate of drug-likeness (QED) is 0.486. The molecule has 0 aliphatic carbocycles. The first-order valence-electron chi connectivity index (χ1n) is 5.58. The van der Waals surface area contributed by atoms with Crippen molar-refractivity contribution in [3.05, 3.63) is 74.8 Å². The van der Waals surface area contributed by atoms with Gasteiger partial charge in [-0.15, -0.1) is 0 Å². The largest absolute Gasteiger partial charge is 0.294 e. The summed E-state index contributed by atoms with van der Waals surface area (Å²) in [6.45, 7) is 0. The maximum absolute atomic E-state index is 12.0. The Balaban J connectivity index is 2.11. The number of carbonyl (C=O) groups is 1. The molecule has 2 rings (SSSR count). The number of benzene rings is 2. The van der Waals surface area contributed by atoms with E-state index in [9.17, 15) is 14.9 Å². The zero-order valence-corrected chi connectivity index (χ0v) is 10.6. The second-order valence-electron chi connectivity index (χ2n) is 4.03. The van der Waals surface area contributed by atoms with E-state index in [1.165, 1.54) is 24.3 Å². The molecule has 0 saturated carbocycles. The highest BCUT2D eigenvalue weighted by Crippen LogP contribution is 2.15. The predicted molar refractivity (Wildman–Crippen MR) is 72.6 cm³/mol. The average molecular weight is 276 g/mol. The van der Waals surface area contributed by atoms with Crippen LogP contribution in [0.25, 0.3) is 0 Å². The van der Waals surface area contributed by atoms with Gasteiger partial charge in [0.25, 0.3) is 5.69 Å². The third-order valence-electron chi connectivity index (χ3n) is 2.68. The summed E-state index contributed by atoms with van der Waals surface area (Å²) in [5.74, 6) is -0.0859. The van der Waals surface area contributed by atoms with Crippen molar-refractivity contribution in [2.45, 2.75) is 6.42 Å². The molecule has 0 N–H and O–H groups in total. The third kappa shape index (κ3) is 3.39. The molecule has 0 radical (unpaired) electrons. The first-order chi connectivity index (χ1) is 9.06.